The summed E-state index contributed by atoms with van der Waals surface area (Å²) < 4.78 is 17.6. The predicted molar refractivity (Wildman–Crippen MR) is 64.9 cm³/mol. The van der Waals surface area contributed by atoms with Crippen molar-refractivity contribution in [3.05, 3.63) is 23.8 Å². The second kappa shape index (κ2) is 4.71. The average Bonchev–Trinajstić information content (AvgIpc) is 2.23. The van der Waals surface area contributed by atoms with Crippen LogP contribution in [0.3, 0.4) is 0 Å². The maximum absolute atomic E-state index is 12.1. The van der Waals surface area contributed by atoms with Gasteiger partial charge in [0.15, 0.2) is 0 Å². The van der Waals surface area contributed by atoms with Crippen LogP contribution in [0.4, 0.5) is 5.69 Å². The Labute approximate surface area is 91.1 Å². The van der Waals surface area contributed by atoms with E-state index in [0.29, 0.717) is 23.8 Å². The highest BCUT2D eigenvalue weighted by atomic mass is 31.2. The van der Waals surface area contributed by atoms with Crippen LogP contribution in [0, 0.1) is 6.92 Å². The molecule has 0 amide bonds. The van der Waals surface area contributed by atoms with Crippen LogP contribution in [0.15, 0.2) is 18.2 Å². The topological polar surface area (TPSA) is 52.3 Å². The maximum Gasteiger partial charge on any atom is 0.247 e. The number of aryl methyl sites for hydroxylation is 1. The van der Waals surface area contributed by atoms with Crippen molar-refractivity contribution in [3.8, 4) is 5.75 Å². The molecule has 3 nitrogen and oxygen atoms in total. The molecule has 0 heterocycles. The summed E-state index contributed by atoms with van der Waals surface area (Å²) in [6.45, 7) is 5.70. The van der Waals surface area contributed by atoms with E-state index in [-0.39, 0.29) is 0 Å². The summed E-state index contributed by atoms with van der Waals surface area (Å²) in [4.78, 5) is 0. The van der Waals surface area contributed by atoms with Crippen LogP contribution in [0.2, 0.25) is 0 Å². The van der Waals surface area contributed by atoms with Gasteiger partial charge in [0.25, 0.3) is 0 Å². The minimum atomic E-state index is -2.53. The van der Waals surface area contributed by atoms with Gasteiger partial charge in [0.05, 0.1) is 5.69 Å². The standard InChI is InChI=1S/C11H18NO2P/c1-4-15(13,5-2)14-11-8-9(3)6-7-10(11)12/h6-8H,4-5,12H2,1-3H3. The normalized spacial score (nSPS) is 11.4. The highest BCUT2D eigenvalue weighted by Gasteiger charge is 2.20. The fourth-order valence-electron chi connectivity index (χ4n) is 1.25. The summed E-state index contributed by atoms with van der Waals surface area (Å²) in [6, 6.07) is 5.51. The van der Waals surface area contributed by atoms with Gasteiger partial charge in [-0.2, -0.15) is 0 Å². The van der Waals surface area contributed by atoms with E-state index in [4.69, 9.17) is 10.3 Å². The molecule has 0 saturated carbocycles. The SMILES string of the molecule is CCP(=O)(CC)Oc1cc(C)ccc1N. The summed E-state index contributed by atoms with van der Waals surface area (Å²) in [5.74, 6) is 0.544. The van der Waals surface area contributed by atoms with Crippen molar-refractivity contribution in [2.75, 3.05) is 18.1 Å². The quantitative estimate of drug-likeness (QED) is 0.634. The van der Waals surface area contributed by atoms with E-state index in [1.54, 1.807) is 6.07 Å². The molecule has 0 unspecified atom stereocenters. The Hall–Kier alpha value is -0.950. The highest BCUT2D eigenvalue weighted by molar-refractivity contribution is 7.59. The van der Waals surface area contributed by atoms with Gasteiger partial charge in [-0.05, 0) is 24.6 Å². The van der Waals surface area contributed by atoms with Gasteiger partial charge in [0, 0.05) is 12.3 Å². The molecule has 1 rings (SSSR count). The zero-order valence-electron chi connectivity index (χ0n) is 9.49. The fourth-order valence-corrected chi connectivity index (χ4v) is 2.47. The predicted octanol–water partition coefficient (Wildman–Crippen LogP) is 3.27. The van der Waals surface area contributed by atoms with Crippen LogP contribution in [-0.4, -0.2) is 12.3 Å². The molecule has 4 heteroatoms. The minimum Gasteiger partial charge on any atom is -0.441 e. The Kier molecular flexibility index (Phi) is 3.81. The van der Waals surface area contributed by atoms with Crippen LogP contribution in [0.25, 0.3) is 0 Å². The van der Waals surface area contributed by atoms with Gasteiger partial charge in [-0.1, -0.05) is 19.9 Å². The first-order valence-corrected chi connectivity index (χ1v) is 7.14. The molecule has 84 valence electrons. The summed E-state index contributed by atoms with van der Waals surface area (Å²) in [7, 11) is -2.53. The van der Waals surface area contributed by atoms with Gasteiger partial charge in [0.2, 0.25) is 7.37 Å². The minimum absolute atomic E-state index is 0.539. The molecular formula is C11H18NO2P. The lowest BCUT2D eigenvalue weighted by Crippen LogP contribution is -2.01. The van der Waals surface area contributed by atoms with Crippen molar-refractivity contribution < 1.29 is 9.09 Å². The smallest absolute Gasteiger partial charge is 0.247 e. The Balaban J connectivity index is 2.98. The van der Waals surface area contributed by atoms with E-state index in [1.165, 1.54) is 0 Å². The Morgan fingerprint density at radius 3 is 2.47 bits per heavy atom. The van der Waals surface area contributed by atoms with Crippen molar-refractivity contribution in [2.45, 2.75) is 20.8 Å². The lowest BCUT2D eigenvalue weighted by atomic mass is 10.2. The van der Waals surface area contributed by atoms with Crippen molar-refractivity contribution >= 4 is 13.1 Å². The maximum atomic E-state index is 12.1. The molecule has 0 radical (unpaired) electrons. The third kappa shape index (κ3) is 3.00. The number of nitrogens with two attached hydrogens (primary N) is 1. The van der Waals surface area contributed by atoms with Gasteiger partial charge < -0.3 is 10.3 Å². The van der Waals surface area contributed by atoms with Gasteiger partial charge >= 0.3 is 0 Å². The molecule has 1 aromatic rings. The Bertz CT molecular complexity index is 382. The zero-order valence-corrected chi connectivity index (χ0v) is 10.4. The molecule has 0 aliphatic carbocycles. The molecule has 0 saturated heterocycles. The van der Waals surface area contributed by atoms with E-state index in [1.807, 2.05) is 32.9 Å². The molecule has 0 spiro atoms. The number of benzene rings is 1. The van der Waals surface area contributed by atoms with Crippen molar-refractivity contribution in [3.63, 3.8) is 0 Å². The van der Waals surface area contributed by atoms with E-state index in [9.17, 15) is 4.57 Å². The Morgan fingerprint density at radius 1 is 1.33 bits per heavy atom. The molecule has 1 aromatic carbocycles. The van der Waals surface area contributed by atoms with E-state index in [2.05, 4.69) is 0 Å². The van der Waals surface area contributed by atoms with Gasteiger partial charge in [-0.15, -0.1) is 0 Å². The number of hydrogen-bond donors (Lipinski definition) is 1. The van der Waals surface area contributed by atoms with E-state index < -0.39 is 7.37 Å². The number of anilines is 1. The summed E-state index contributed by atoms with van der Waals surface area (Å²) >= 11 is 0. The first-order valence-electron chi connectivity index (χ1n) is 5.14. The van der Waals surface area contributed by atoms with Crippen LogP contribution >= 0.6 is 7.37 Å². The summed E-state index contributed by atoms with van der Waals surface area (Å²) in [6.07, 6.45) is 1.08. The van der Waals surface area contributed by atoms with E-state index in [0.717, 1.165) is 5.56 Å². The second-order valence-electron chi connectivity index (χ2n) is 3.58. The third-order valence-electron chi connectivity index (χ3n) is 2.40. The molecule has 0 aliphatic heterocycles. The molecule has 15 heavy (non-hydrogen) atoms. The molecule has 2 N–H and O–H groups in total. The summed E-state index contributed by atoms with van der Waals surface area (Å²) in [5, 5.41) is 0. The largest absolute Gasteiger partial charge is 0.441 e. The monoisotopic (exact) mass is 227 g/mol. The fraction of sp³-hybridized carbons (Fsp3) is 0.455. The summed E-state index contributed by atoms with van der Waals surface area (Å²) in [5.41, 5.74) is 7.36. The first-order chi connectivity index (χ1) is 7.00. The highest BCUT2D eigenvalue weighted by Crippen LogP contribution is 2.47. The van der Waals surface area contributed by atoms with Gasteiger partial charge in [-0.25, -0.2) is 0 Å². The molecule has 0 aliphatic rings. The van der Waals surface area contributed by atoms with Crippen LogP contribution in [0.1, 0.15) is 19.4 Å². The van der Waals surface area contributed by atoms with Gasteiger partial charge in [0.1, 0.15) is 5.75 Å². The average molecular weight is 227 g/mol. The second-order valence-corrected chi connectivity index (χ2v) is 6.66. The lowest BCUT2D eigenvalue weighted by molar-refractivity contribution is 0.484. The van der Waals surface area contributed by atoms with Gasteiger partial charge in [-0.3, -0.25) is 4.57 Å². The number of rotatable bonds is 4. The van der Waals surface area contributed by atoms with E-state index >= 15 is 0 Å². The first kappa shape index (κ1) is 12.1. The van der Waals surface area contributed by atoms with Crippen LogP contribution < -0.4 is 10.3 Å². The number of hydrogen-bond acceptors (Lipinski definition) is 3. The molecule has 0 bridgehead atoms. The van der Waals surface area contributed by atoms with Crippen LogP contribution in [0.5, 0.6) is 5.75 Å². The van der Waals surface area contributed by atoms with Crippen molar-refractivity contribution in [2.24, 2.45) is 0 Å². The molecular weight excluding hydrogens is 209 g/mol. The molecule has 0 fully saturated rings. The van der Waals surface area contributed by atoms with Crippen molar-refractivity contribution in [1.82, 2.24) is 0 Å². The third-order valence-corrected chi connectivity index (χ3v) is 4.85. The lowest BCUT2D eigenvalue weighted by Gasteiger charge is -2.17. The molecule has 0 atom stereocenters. The number of nitrogen functional groups attached to an aromatic ring is 1. The zero-order chi connectivity index (χ0) is 11.5. The Morgan fingerprint density at radius 2 is 1.93 bits per heavy atom. The molecule has 0 aromatic heterocycles. The van der Waals surface area contributed by atoms with Crippen LogP contribution in [-0.2, 0) is 4.57 Å². The van der Waals surface area contributed by atoms with Crippen molar-refractivity contribution in [1.29, 1.82) is 0 Å².